The van der Waals surface area contributed by atoms with Crippen molar-refractivity contribution in [3.8, 4) is 0 Å². The lowest BCUT2D eigenvalue weighted by molar-refractivity contribution is -0.120. The minimum absolute atomic E-state index is 0.00704. The number of carbonyl (C=O) groups excluding carboxylic acids is 3. The Balaban J connectivity index is 1.50. The molecule has 0 bridgehead atoms. The number of piperidine rings is 1. The highest BCUT2D eigenvalue weighted by molar-refractivity contribution is 6.05. The molecule has 2 atom stereocenters. The van der Waals surface area contributed by atoms with Crippen LogP contribution in [0.4, 0.5) is 11.4 Å². The molecule has 0 saturated carbocycles. The average molecular weight is 450 g/mol. The highest BCUT2D eigenvalue weighted by Gasteiger charge is 2.26. The Morgan fingerprint density at radius 2 is 1.88 bits per heavy atom. The number of nitrogens with zero attached hydrogens (tertiary/aromatic N) is 3. The maximum absolute atomic E-state index is 13.1. The predicted molar refractivity (Wildman–Crippen MR) is 127 cm³/mol. The number of aromatic nitrogens is 1. The fourth-order valence-corrected chi connectivity index (χ4v) is 4.69. The van der Waals surface area contributed by atoms with Crippen molar-refractivity contribution in [2.24, 2.45) is 11.8 Å². The van der Waals surface area contributed by atoms with Gasteiger partial charge >= 0.3 is 0 Å². The van der Waals surface area contributed by atoms with Gasteiger partial charge in [-0.25, -0.2) is 0 Å². The minimum Gasteiger partial charge on any atom is -0.360 e. The van der Waals surface area contributed by atoms with Crippen molar-refractivity contribution in [1.29, 1.82) is 0 Å². The number of anilines is 2. The zero-order valence-corrected chi connectivity index (χ0v) is 19.4. The number of hydrogen-bond donors (Lipinski definition) is 2. The highest BCUT2D eigenvalue weighted by atomic mass is 16.2. The Morgan fingerprint density at radius 3 is 2.61 bits per heavy atom. The van der Waals surface area contributed by atoms with Crippen LogP contribution in [-0.2, 0) is 4.79 Å². The molecule has 2 aromatic rings. The first kappa shape index (κ1) is 22.8. The standard InChI is InChI=1S/C25H31N5O3/c1-16-10-17(2)14-30(13-16)25(33)19-5-4-18(3)21(11-19)28-24(32)22-12-20(6-7-26-22)29-9-8-27-23(31)15-29/h4-7,11-12,16-17H,8-10,13-15H2,1-3H3,(H,27,31)(H,28,32). The fourth-order valence-electron chi connectivity index (χ4n) is 4.69. The van der Waals surface area contributed by atoms with Crippen LogP contribution in [0.15, 0.2) is 36.5 Å². The van der Waals surface area contributed by atoms with Crippen molar-refractivity contribution in [3.05, 3.63) is 53.3 Å². The van der Waals surface area contributed by atoms with E-state index in [2.05, 4.69) is 29.5 Å². The summed E-state index contributed by atoms with van der Waals surface area (Å²) in [5, 5.41) is 5.71. The molecule has 2 saturated heterocycles. The van der Waals surface area contributed by atoms with Gasteiger partial charge in [0, 0.05) is 49.3 Å². The molecular weight excluding hydrogens is 418 g/mol. The van der Waals surface area contributed by atoms with Gasteiger partial charge in [-0.05, 0) is 55.0 Å². The molecule has 1 aromatic heterocycles. The summed E-state index contributed by atoms with van der Waals surface area (Å²) in [6, 6.07) is 8.90. The molecule has 3 amide bonds. The third kappa shape index (κ3) is 5.32. The van der Waals surface area contributed by atoms with Gasteiger partial charge in [-0.1, -0.05) is 19.9 Å². The molecule has 1 aromatic carbocycles. The summed E-state index contributed by atoms with van der Waals surface area (Å²) < 4.78 is 0. The zero-order valence-electron chi connectivity index (χ0n) is 19.4. The molecular formula is C25H31N5O3. The lowest BCUT2D eigenvalue weighted by Gasteiger charge is -2.35. The molecule has 8 heteroatoms. The fraction of sp³-hybridized carbons (Fsp3) is 0.440. The van der Waals surface area contributed by atoms with E-state index in [9.17, 15) is 14.4 Å². The Labute approximate surface area is 194 Å². The molecule has 3 heterocycles. The molecule has 8 nitrogen and oxygen atoms in total. The number of nitrogens with one attached hydrogen (secondary N) is 2. The number of piperazine rings is 1. The second-order valence-corrected chi connectivity index (χ2v) is 9.31. The molecule has 2 N–H and O–H groups in total. The normalized spacial score (nSPS) is 20.9. The maximum Gasteiger partial charge on any atom is 0.274 e. The van der Waals surface area contributed by atoms with E-state index in [-0.39, 0.29) is 30.0 Å². The summed E-state index contributed by atoms with van der Waals surface area (Å²) in [5.41, 5.74) is 3.06. The van der Waals surface area contributed by atoms with Crippen molar-refractivity contribution < 1.29 is 14.4 Å². The van der Waals surface area contributed by atoms with E-state index in [1.54, 1.807) is 24.4 Å². The van der Waals surface area contributed by atoms with Crippen molar-refractivity contribution in [3.63, 3.8) is 0 Å². The number of pyridine rings is 1. The Morgan fingerprint density at radius 1 is 1.12 bits per heavy atom. The van der Waals surface area contributed by atoms with Crippen molar-refractivity contribution >= 4 is 29.1 Å². The van der Waals surface area contributed by atoms with Gasteiger partial charge in [0.1, 0.15) is 5.69 Å². The van der Waals surface area contributed by atoms with Crippen LogP contribution in [0.25, 0.3) is 0 Å². The van der Waals surface area contributed by atoms with Crippen molar-refractivity contribution in [2.75, 3.05) is 42.9 Å². The SMILES string of the molecule is Cc1ccc(C(=O)N2CC(C)CC(C)C2)cc1NC(=O)c1cc(N2CCNC(=O)C2)ccn1. The maximum atomic E-state index is 13.1. The van der Waals surface area contributed by atoms with Crippen LogP contribution in [0, 0.1) is 18.8 Å². The number of aryl methyl sites for hydroxylation is 1. The van der Waals surface area contributed by atoms with E-state index in [1.165, 1.54) is 0 Å². The molecule has 2 aliphatic rings. The molecule has 0 aliphatic carbocycles. The van der Waals surface area contributed by atoms with Gasteiger partial charge in [-0.2, -0.15) is 0 Å². The summed E-state index contributed by atoms with van der Waals surface area (Å²) in [6.07, 6.45) is 2.70. The van der Waals surface area contributed by atoms with Gasteiger partial charge in [0.2, 0.25) is 5.91 Å². The van der Waals surface area contributed by atoms with Gasteiger partial charge < -0.3 is 20.4 Å². The number of benzene rings is 1. The van der Waals surface area contributed by atoms with Gasteiger partial charge in [-0.15, -0.1) is 0 Å². The lowest BCUT2D eigenvalue weighted by atomic mass is 9.91. The lowest BCUT2D eigenvalue weighted by Crippen LogP contribution is -2.47. The van der Waals surface area contributed by atoms with Crippen LogP contribution >= 0.6 is 0 Å². The van der Waals surface area contributed by atoms with E-state index in [0.717, 1.165) is 30.8 Å². The highest BCUT2D eigenvalue weighted by Crippen LogP contribution is 2.25. The molecule has 0 spiro atoms. The summed E-state index contributed by atoms with van der Waals surface area (Å²) in [4.78, 5) is 45.8. The monoisotopic (exact) mass is 449 g/mol. The van der Waals surface area contributed by atoms with Crippen LogP contribution in [0.5, 0.6) is 0 Å². The number of likely N-dealkylation sites (tertiary alicyclic amines) is 1. The number of hydrogen-bond acceptors (Lipinski definition) is 5. The van der Waals surface area contributed by atoms with Gasteiger partial charge in [-0.3, -0.25) is 19.4 Å². The molecule has 174 valence electrons. The third-order valence-electron chi connectivity index (χ3n) is 6.27. The van der Waals surface area contributed by atoms with E-state index in [4.69, 9.17) is 0 Å². The minimum atomic E-state index is -0.355. The van der Waals surface area contributed by atoms with Crippen LogP contribution < -0.4 is 15.5 Å². The van der Waals surface area contributed by atoms with Gasteiger partial charge in [0.25, 0.3) is 11.8 Å². The second-order valence-electron chi connectivity index (χ2n) is 9.31. The first-order valence-corrected chi connectivity index (χ1v) is 11.5. The summed E-state index contributed by atoms with van der Waals surface area (Å²) in [7, 11) is 0. The van der Waals surface area contributed by atoms with Crippen LogP contribution in [-0.4, -0.2) is 60.3 Å². The van der Waals surface area contributed by atoms with Crippen LogP contribution in [0.2, 0.25) is 0 Å². The van der Waals surface area contributed by atoms with Gasteiger partial charge in [0.15, 0.2) is 0 Å². The first-order valence-electron chi connectivity index (χ1n) is 11.5. The predicted octanol–water partition coefficient (Wildman–Crippen LogP) is 2.70. The topological polar surface area (TPSA) is 94.6 Å². The molecule has 2 fully saturated rings. The smallest absolute Gasteiger partial charge is 0.274 e. The summed E-state index contributed by atoms with van der Waals surface area (Å²) in [6.45, 7) is 9.24. The summed E-state index contributed by atoms with van der Waals surface area (Å²) >= 11 is 0. The molecule has 2 aliphatic heterocycles. The Bertz CT molecular complexity index is 1060. The van der Waals surface area contributed by atoms with Crippen LogP contribution in [0.1, 0.15) is 46.7 Å². The average Bonchev–Trinajstić information content (AvgIpc) is 2.79. The van der Waals surface area contributed by atoms with Crippen LogP contribution in [0.3, 0.4) is 0 Å². The molecule has 33 heavy (non-hydrogen) atoms. The largest absolute Gasteiger partial charge is 0.360 e. The quantitative estimate of drug-likeness (QED) is 0.749. The number of carbonyl (C=O) groups is 3. The van der Waals surface area contributed by atoms with Crippen molar-refractivity contribution in [2.45, 2.75) is 27.2 Å². The third-order valence-corrected chi connectivity index (χ3v) is 6.27. The molecule has 2 unspecified atom stereocenters. The number of amides is 3. The Kier molecular flexibility index (Phi) is 6.62. The zero-order chi connectivity index (χ0) is 23.5. The Hall–Kier alpha value is -3.42. The second kappa shape index (κ2) is 9.60. The molecule has 0 radical (unpaired) electrons. The van der Waals surface area contributed by atoms with Gasteiger partial charge in [0.05, 0.1) is 6.54 Å². The number of rotatable bonds is 4. The van der Waals surface area contributed by atoms with E-state index in [0.29, 0.717) is 36.2 Å². The van der Waals surface area contributed by atoms with E-state index >= 15 is 0 Å². The molecule has 4 rings (SSSR count). The van der Waals surface area contributed by atoms with Crippen molar-refractivity contribution in [1.82, 2.24) is 15.2 Å². The first-order chi connectivity index (χ1) is 15.8. The van der Waals surface area contributed by atoms with E-state index in [1.807, 2.05) is 28.9 Å². The van der Waals surface area contributed by atoms with E-state index < -0.39 is 0 Å². The summed E-state index contributed by atoms with van der Waals surface area (Å²) in [5.74, 6) is 0.551.